The number of aliphatic hydroxyl groups excluding tert-OH is 1. The summed E-state index contributed by atoms with van der Waals surface area (Å²) < 4.78 is 5.24. The Morgan fingerprint density at radius 3 is 2.29 bits per heavy atom. The molecule has 2 unspecified atom stereocenters. The molecule has 0 aliphatic heterocycles. The highest BCUT2D eigenvalue weighted by Gasteiger charge is 2.19. The molecular weight excluding hydrogens is 222 g/mol. The van der Waals surface area contributed by atoms with Gasteiger partial charge in [-0.15, -0.1) is 0 Å². The van der Waals surface area contributed by atoms with E-state index in [1.54, 1.807) is 0 Å². The van der Waals surface area contributed by atoms with Gasteiger partial charge in [-0.1, -0.05) is 13.8 Å². The molecule has 2 atom stereocenters. The largest absolute Gasteiger partial charge is 0.480 e. The average Bonchev–Trinajstić information content (AvgIpc) is 2.20. The summed E-state index contributed by atoms with van der Waals surface area (Å²) in [5, 5.41) is 21.4. The highest BCUT2D eigenvalue weighted by atomic mass is 16.5. The van der Waals surface area contributed by atoms with Crippen LogP contribution in [0.5, 0.6) is 0 Å². The molecule has 0 amide bonds. The van der Waals surface area contributed by atoms with Crippen LogP contribution in [0.1, 0.15) is 34.1 Å². The second-order valence-corrected chi connectivity index (χ2v) is 4.96. The quantitative estimate of drug-likeness (QED) is 0.563. The van der Waals surface area contributed by atoms with Gasteiger partial charge in [0.15, 0.2) is 0 Å². The summed E-state index contributed by atoms with van der Waals surface area (Å²) in [6.45, 7) is 8.17. The lowest BCUT2D eigenvalue weighted by Crippen LogP contribution is -2.43. The van der Waals surface area contributed by atoms with Crippen LogP contribution in [0.15, 0.2) is 0 Å². The molecule has 0 heterocycles. The lowest BCUT2D eigenvalue weighted by molar-refractivity contribution is -0.140. The molecule has 0 aromatic heterocycles. The third-order valence-electron chi connectivity index (χ3n) is 2.23. The summed E-state index contributed by atoms with van der Waals surface area (Å²) in [6, 6.07) is -0.608. The molecule has 102 valence electrons. The minimum atomic E-state index is -0.879. The van der Waals surface area contributed by atoms with Gasteiger partial charge in [-0.05, 0) is 26.2 Å². The van der Waals surface area contributed by atoms with Crippen LogP contribution in [0.2, 0.25) is 0 Å². The summed E-state index contributed by atoms with van der Waals surface area (Å²) in [4.78, 5) is 10.9. The van der Waals surface area contributed by atoms with Gasteiger partial charge >= 0.3 is 5.97 Å². The first-order valence-electron chi connectivity index (χ1n) is 6.08. The van der Waals surface area contributed by atoms with Crippen molar-refractivity contribution in [1.29, 1.82) is 0 Å². The lowest BCUT2D eigenvalue weighted by Gasteiger charge is -2.19. The van der Waals surface area contributed by atoms with Crippen molar-refractivity contribution in [3.05, 3.63) is 0 Å². The van der Waals surface area contributed by atoms with Crippen molar-refractivity contribution in [3.8, 4) is 0 Å². The molecule has 0 aromatic rings. The van der Waals surface area contributed by atoms with Gasteiger partial charge in [-0.25, -0.2) is 0 Å². The number of hydrogen-bond acceptors (Lipinski definition) is 4. The molecule has 0 saturated carbocycles. The van der Waals surface area contributed by atoms with Crippen molar-refractivity contribution in [1.82, 2.24) is 5.32 Å². The summed E-state index contributed by atoms with van der Waals surface area (Å²) in [5.41, 5.74) is 0. The Morgan fingerprint density at radius 1 is 1.29 bits per heavy atom. The predicted octanol–water partition coefficient (Wildman–Crippen LogP) is 0.861. The van der Waals surface area contributed by atoms with E-state index in [2.05, 4.69) is 5.32 Å². The second kappa shape index (κ2) is 8.44. The minimum Gasteiger partial charge on any atom is -0.480 e. The zero-order chi connectivity index (χ0) is 13.4. The van der Waals surface area contributed by atoms with E-state index in [-0.39, 0.29) is 19.3 Å². The van der Waals surface area contributed by atoms with Crippen molar-refractivity contribution in [2.45, 2.75) is 52.4 Å². The predicted molar refractivity (Wildman–Crippen MR) is 66.0 cm³/mol. The van der Waals surface area contributed by atoms with Crippen LogP contribution in [0.25, 0.3) is 0 Å². The molecule has 0 bridgehead atoms. The molecule has 0 aromatic carbocycles. The molecule has 0 saturated heterocycles. The molecular formula is C12H25NO4. The van der Waals surface area contributed by atoms with E-state index in [4.69, 9.17) is 9.84 Å². The maximum absolute atomic E-state index is 10.9. The molecule has 0 spiro atoms. The molecule has 0 aliphatic carbocycles. The first-order valence-corrected chi connectivity index (χ1v) is 6.08. The number of carboxylic acids is 1. The fourth-order valence-electron chi connectivity index (χ4n) is 1.38. The number of nitrogens with one attached hydrogen (secondary N) is 1. The molecule has 17 heavy (non-hydrogen) atoms. The third kappa shape index (κ3) is 9.09. The van der Waals surface area contributed by atoms with Crippen molar-refractivity contribution in [2.24, 2.45) is 5.92 Å². The summed E-state index contributed by atoms with van der Waals surface area (Å²) in [6.07, 6.45) is -0.0606. The topological polar surface area (TPSA) is 78.8 Å². The second-order valence-electron chi connectivity index (χ2n) is 4.96. The standard InChI is InChI=1S/C12H25NO4/c1-8(2)5-11(12(15)16)13-6-10(14)7-17-9(3)4/h8-11,13-14H,5-7H2,1-4H3,(H,15,16). The smallest absolute Gasteiger partial charge is 0.320 e. The van der Waals surface area contributed by atoms with E-state index < -0.39 is 18.1 Å². The maximum atomic E-state index is 10.9. The highest BCUT2D eigenvalue weighted by Crippen LogP contribution is 2.05. The number of aliphatic carboxylic acids is 1. The fraction of sp³-hybridized carbons (Fsp3) is 0.917. The van der Waals surface area contributed by atoms with Crippen LogP contribution in [0.4, 0.5) is 0 Å². The zero-order valence-electron chi connectivity index (χ0n) is 11.1. The van der Waals surface area contributed by atoms with Gasteiger partial charge in [-0.3, -0.25) is 4.79 Å². The van der Waals surface area contributed by atoms with Crippen molar-refractivity contribution >= 4 is 5.97 Å². The van der Waals surface area contributed by atoms with E-state index in [0.717, 1.165) is 0 Å². The zero-order valence-corrected chi connectivity index (χ0v) is 11.1. The number of rotatable bonds is 9. The molecule has 0 rings (SSSR count). The Labute approximate surface area is 103 Å². The molecule has 0 aliphatic rings. The van der Waals surface area contributed by atoms with E-state index in [1.165, 1.54) is 0 Å². The van der Waals surface area contributed by atoms with E-state index in [0.29, 0.717) is 12.3 Å². The monoisotopic (exact) mass is 247 g/mol. The van der Waals surface area contributed by atoms with Crippen molar-refractivity contribution in [3.63, 3.8) is 0 Å². The summed E-state index contributed by atoms with van der Waals surface area (Å²) in [7, 11) is 0. The number of carboxylic acid groups (broad SMARTS) is 1. The van der Waals surface area contributed by atoms with Gasteiger partial charge in [0.05, 0.1) is 18.8 Å². The van der Waals surface area contributed by atoms with Crippen LogP contribution < -0.4 is 5.32 Å². The molecule has 5 nitrogen and oxygen atoms in total. The van der Waals surface area contributed by atoms with Crippen molar-refractivity contribution < 1.29 is 19.7 Å². The number of aliphatic hydroxyl groups is 1. The number of hydrogen-bond donors (Lipinski definition) is 3. The summed E-state index contributed by atoms with van der Waals surface area (Å²) in [5.74, 6) is -0.580. The van der Waals surface area contributed by atoms with E-state index in [1.807, 2.05) is 27.7 Å². The molecule has 5 heteroatoms. The van der Waals surface area contributed by atoms with Gasteiger partial charge in [0, 0.05) is 6.54 Å². The third-order valence-corrected chi connectivity index (χ3v) is 2.23. The molecule has 0 fully saturated rings. The van der Waals surface area contributed by atoms with Gasteiger partial charge < -0.3 is 20.3 Å². The van der Waals surface area contributed by atoms with Gasteiger partial charge in [0.1, 0.15) is 6.04 Å². The summed E-state index contributed by atoms with van der Waals surface area (Å²) >= 11 is 0. The van der Waals surface area contributed by atoms with Gasteiger partial charge in [0.2, 0.25) is 0 Å². The SMILES string of the molecule is CC(C)CC(NCC(O)COC(C)C)C(=O)O. The first kappa shape index (κ1) is 16.4. The van der Waals surface area contributed by atoms with Gasteiger partial charge in [-0.2, -0.15) is 0 Å². The van der Waals surface area contributed by atoms with Crippen molar-refractivity contribution in [2.75, 3.05) is 13.2 Å². The highest BCUT2D eigenvalue weighted by molar-refractivity contribution is 5.73. The molecule has 3 N–H and O–H groups in total. The Balaban J connectivity index is 3.91. The van der Waals surface area contributed by atoms with Crippen LogP contribution in [-0.4, -0.2) is 47.6 Å². The van der Waals surface area contributed by atoms with Gasteiger partial charge in [0.25, 0.3) is 0 Å². The lowest BCUT2D eigenvalue weighted by atomic mass is 10.0. The van der Waals surface area contributed by atoms with Crippen LogP contribution >= 0.6 is 0 Å². The van der Waals surface area contributed by atoms with E-state index in [9.17, 15) is 9.90 Å². The minimum absolute atomic E-state index is 0.0654. The Bertz CT molecular complexity index is 219. The number of ether oxygens (including phenoxy) is 1. The van der Waals surface area contributed by atoms with Crippen LogP contribution in [-0.2, 0) is 9.53 Å². The fourth-order valence-corrected chi connectivity index (χ4v) is 1.38. The Kier molecular flexibility index (Phi) is 8.12. The van der Waals surface area contributed by atoms with Crippen LogP contribution in [0, 0.1) is 5.92 Å². The average molecular weight is 247 g/mol. The normalized spacial score (nSPS) is 15.2. The van der Waals surface area contributed by atoms with E-state index >= 15 is 0 Å². The Morgan fingerprint density at radius 2 is 1.88 bits per heavy atom. The van der Waals surface area contributed by atoms with Crippen LogP contribution in [0.3, 0.4) is 0 Å². The Hall–Kier alpha value is -0.650. The number of carbonyl (C=O) groups is 1. The maximum Gasteiger partial charge on any atom is 0.320 e. The molecule has 0 radical (unpaired) electrons. The first-order chi connectivity index (χ1) is 7.82.